The van der Waals surface area contributed by atoms with Crippen LogP contribution in [0.5, 0.6) is 0 Å². The fourth-order valence-corrected chi connectivity index (χ4v) is 3.32. The molecule has 5 heteroatoms. The van der Waals surface area contributed by atoms with E-state index in [-0.39, 0.29) is 0 Å². The molecule has 23 heavy (non-hydrogen) atoms. The molecular formula is C18H21N3O2. The van der Waals surface area contributed by atoms with Crippen LogP contribution in [0, 0.1) is 12.3 Å². The summed E-state index contributed by atoms with van der Waals surface area (Å²) in [4.78, 5) is 22.6. The van der Waals surface area contributed by atoms with E-state index in [1.165, 1.54) is 0 Å². The van der Waals surface area contributed by atoms with Crippen LogP contribution < -0.4 is 4.90 Å². The Morgan fingerprint density at radius 3 is 2.70 bits per heavy atom. The van der Waals surface area contributed by atoms with Gasteiger partial charge in [0.05, 0.1) is 5.41 Å². The second kappa shape index (κ2) is 6.36. The first-order valence-corrected chi connectivity index (χ1v) is 7.91. The summed E-state index contributed by atoms with van der Waals surface area (Å²) in [6.45, 7) is 3.28. The molecule has 0 spiro atoms. The maximum Gasteiger partial charge on any atom is 0.311 e. The van der Waals surface area contributed by atoms with Gasteiger partial charge in [-0.15, -0.1) is 0 Å². The summed E-state index contributed by atoms with van der Waals surface area (Å²) in [5.41, 5.74) is 1.45. The highest BCUT2D eigenvalue weighted by atomic mass is 16.4. The molecule has 5 nitrogen and oxygen atoms in total. The third kappa shape index (κ3) is 3.18. The first-order valence-electron chi connectivity index (χ1n) is 7.91. The van der Waals surface area contributed by atoms with E-state index in [1.807, 2.05) is 36.1 Å². The minimum atomic E-state index is -0.788. The quantitative estimate of drug-likeness (QED) is 0.940. The number of carboxylic acids is 1. The number of aromatic nitrogens is 2. The number of hydrogen-bond acceptors (Lipinski definition) is 4. The zero-order valence-electron chi connectivity index (χ0n) is 13.3. The van der Waals surface area contributed by atoms with Gasteiger partial charge in [0.1, 0.15) is 0 Å². The topological polar surface area (TPSA) is 66.3 Å². The van der Waals surface area contributed by atoms with E-state index in [9.17, 15) is 9.90 Å². The molecule has 0 bridgehead atoms. The van der Waals surface area contributed by atoms with E-state index < -0.39 is 11.4 Å². The lowest BCUT2D eigenvalue weighted by Crippen LogP contribution is -2.49. The predicted molar refractivity (Wildman–Crippen MR) is 88.4 cm³/mol. The van der Waals surface area contributed by atoms with E-state index in [1.54, 1.807) is 18.5 Å². The fourth-order valence-electron chi connectivity index (χ4n) is 3.32. The Balaban J connectivity index is 1.89. The number of aryl methyl sites for hydroxylation is 1. The van der Waals surface area contributed by atoms with Crippen LogP contribution in [0.25, 0.3) is 0 Å². The van der Waals surface area contributed by atoms with Crippen molar-refractivity contribution >= 4 is 11.9 Å². The molecule has 120 valence electrons. The summed E-state index contributed by atoms with van der Waals surface area (Å²) in [5, 5.41) is 9.94. The Hall–Kier alpha value is -2.43. The Bertz CT molecular complexity index is 690. The van der Waals surface area contributed by atoms with Crippen molar-refractivity contribution in [2.75, 3.05) is 18.0 Å². The van der Waals surface area contributed by atoms with Crippen LogP contribution in [0.2, 0.25) is 0 Å². The average molecular weight is 311 g/mol. The molecule has 1 saturated heterocycles. The molecule has 0 aliphatic carbocycles. The SMILES string of the molecule is Cc1ccccc1C[C@]1(C(=O)O)CCCN(c2ncccn2)C1. The van der Waals surface area contributed by atoms with Gasteiger partial charge < -0.3 is 10.0 Å². The number of anilines is 1. The summed E-state index contributed by atoms with van der Waals surface area (Å²) in [6.07, 6.45) is 5.44. The van der Waals surface area contributed by atoms with Crippen LogP contribution in [-0.2, 0) is 11.2 Å². The Morgan fingerprint density at radius 1 is 1.26 bits per heavy atom. The molecule has 1 aromatic heterocycles. The molecule has 1 aliphatic heterocycles. The fraction of sp³-hybridized carbons (Fsp3) is 0.389. The van der Waals surface area contributed by atoms with Crippen LogP contribution in [-0.4, -0.2) is 34.1 Å². The molecule has 1 fully saturated rings. The van der Waals surface area contributed by atoms with Gasteiger partial charge in [0.25, 0.3) is 0 Å². The maximum absolute atomic E-state index is 12.1. The van der Waals surface area contributed by atoms with E-state index in [2.05, 4.69) is 9.97 Å². The molecule has 0 unspecified atom stereocenters. The second-order valence-electron chi connectivity index (χ2n) is 6.26. The molecular weight excluding hydrogens is 290 g/mol. The number of piperidine rings is 1. The molecule has 1 N–H and O–H groups in total. The summed E-state index contributed by atoms with van der Waals surface area (Å²) in [5.74, 6) is -0.121. The van der Waals surface area contributed by atoms with Crippen LogP contribution in [0.1, 0.15) is 24.0 Å². The molecule has 1 atom stereocenters. The minimum Gasteiger partial charge on any atom is -0.481 e. The molecule has 1 aromatic carbocycles. The lowest BCUT2D eigenvalue weighted by molar-refractivity contribution is -0.149. The van der Waals surface area contributed by atoms with Crippen molar-refractivity contribution < 1.29 is 9.90 Å². The third-order valence-electron chi connectivity index (χ3n) is 4.66. The van der Waals surface area contributed by atoms with Gasteiger partial charge in [0.15, 0.2) is 0 Å². The standard InChI is InChI=1S/C18H21N3O2/c1-14-6-2-3-7-15(14)12-18(16(22)23)8-4-11-21(13-18)17-19-9-5-10-20-17/h2-3,5-7,9-10H,4,8,11-13H2,1H3,(H,22,23)/t18-/m1/s1. The predicted octanol–water partition coefficient (Wildman–Crippen LogP) is 2.70. The van der Waals surface area contributed by atoms with Crippen molar-refractivity contribution in [3.8, 4) is 0 Å². The lowest BCUT2D eigenvalue weighted by Gasteiger charge is -2.40. The van der Waals surface area contributed by atoms with Crippen LogP contribution in [0.3, 0.4) is 0 Å². The van der Waals surface area contributed by atoms with Crippen LogP contribution in [0.15, 0.2) is 42.7 Å². The van der Waals surface area contributed by atoms with Gasteiger partial charge in [-0.05, 0) is 43.4 Å². The van der Waals surface area contributed by atoms with Gasteiger partial charge in [-0.1, -0.05) is 24.3 Å². The minimum absolute atomic E-state index is 0.445. The van der Waals surface area contributed by atoms with E-state index >= 15 is 0 Å². The molecule has 1 aliphatic rings. The van der Waals surface area contributed by atoms with Crippen LogP contribution >= 0.6 is 0 Å². The molecule has 0 radical (unpaired) electrons. The smallest absolute Gasteiger partial charge is 0.311 e. The summed E-state index contributed by atoms with van der Waals surface area (Å²) >= 11 is 0. The van der Waals surface area contributed by atoms with Gasteiger partial charge in [-0.2, -0.15) is 0 Å². The number of carboxylic acid groups (broad SMARTS) is 1. The Kier molecular flexibility index (Phi) is 4.28. The second-order valence-corrected chi connectivity index (χ2v) is 6.26. The number of carbonyl (C=O) groups is 1. The van der Waals surface area contributed by atoms with E-state index in [0.717, 1.165) is 24.1 Å². The summed E-state index contributed by atoms with van der Waals surface area (Å²) < 4.78 is 0. The van der Waals surface area contributed by atoms with Crippen molar-refractivity contribution in [3.63, 3.8) is 0 Å². The molecule has 2 aromatic rings. The van der Waals surface area contributed by atoms with Crippen molar-refractivity contribution in [2.24, 2.45) is 5.41 Å². The van der Waals surface area contributed by atoms with Crippen molar-refractivity contribution in [1.82, 2.24) is 9.97 Å². The largest absolute Gasteiger partial charge is 0.481 e. The van der Waals surface area contributed by atoms with Crippen LogP contribution in [0.4, 0.5) is 5.95 Å². The first-order chi connectivity index (χ1) is 11.1. The highest BCUT2D eigenvalue weighted by Crippen LogP contribution is 2.36. The number of nitrogens with zero attached hydrogens (tertiary/aromatic N) is 3. The Labute approximate surface area is 136 Å². The lowest BCUT2D eigenvalue weighted by atomic mass is 9.74. The van der Waals surface area contributed by atoms with Gasteiger partial charge in [-0.25, -0.2) is 9.97 Å². The number of hydrogen-bond donors (Lipinski definition) is 1. The number of rotatable bonds is 4. The molecule has 0 amide bonds. The summed E-state index contributed by atoms with van der Waals surface area (Å²) in [6, 6.07) is 9.78. The summed E-state index contributed by atoms with van der Waals surface area (Å²) in [7, 11) is 0. The normalized spacial score (nSPS) is 21.2. The zero-order valence-corrected chi connectivity index (χ0v) is 13.3. The Morgan fingerprint density at radius 2 is 2.00 bits per heavy atom. The van der Waals surface area contributed by atoms with E-state index in [4.69, 9.17) is 0 Å². The highest BCUT2D eigenvalue weighted by Gasteiger charge is 2.43. The third-order valence-corrected chi connectivity index (χ3v) is 4.66. The zero-order chi connectivity index (χ0) is 16.3. The molecule has 0 saturated carbocycles. The van der Waals surface area contributed by atoms with Gasteiger partial charge >= 0.3 is 5.97 Å². The number of benzene rings is 1. The van der Waals surface area contributed by atoms with Gasteiger partial charge in [-0.3, -0.25) is 4.79 Å². The van der Waals surface area contributed by atoms with Crippen molar-refractivity contribution in [2.45, 2.75) is 26.2 Å². The van der Waals surface area contributed by atoms with Gasteiger partial charge in [0.2, 0.25) is 5.95 Å². The molecule has 3 rings (SSSR count). The number of aliphatic carboxylic acids is 1. The van der Waals surface area contributed by atoms with E-state index in [0.29, 0.717) is 25.3 Å². The monoisotopic (exact) mass is 311 g/mol. The van der Waals surface area contributed by atoms with Crippen molar-refractivity contribution in [3.05, 3.63) is 53.9 Å². The average Bonchev–Trinajstić information content (AvgIpc) is 2.58. The first kappa shape index (κ1) is 15.5. The molecule has 2 heterocycles. The van der Waals surface area contributed by atoms with Gasteiger partial charge in [0, 0.05) is 25.5 Å². The maximum atomic E-state index is 12.1. The van der Waals surface area contributed by atoms with Crippen molar-refractivity contribution in [1.29, 1.82) is 0 Å². The highest BCUT2D eigenvalue weighted by molar-refractivity contribution is 5.76.